The standard InChI is InChI=1S/C18H24ClF2N5O/c1-13-23-8-10-26(13)9-4-3-7-24-18(22-2)25-12-14-11-15(19)5-6-16(14)27-17(20)21/h5-6,8,10-11,17H,3-4,7,9,12H2,1-2H3,(H2,22,24,25). The fourth-order valence-corrected chi connectivity index (χ4v) is 2.75. The number of guanidine groups is 1. The fourth-order valence-electron chi connectivity index (χ4n) is 2.55. The summed E-state index contributed by atoms with van der Waals surface area (Å²) in [6.45, 7) is 1.00. The van der Waals surface area contributed by atoms with Crippen LogP contribution in [0.15, 0.2) is 35.6 Å². The van der Waals surface area contributed by atoms with Crippen LogP contribution >= 0.6 is 11.6 Å². The summed E-state index contributed by atoms with van der Waals surface area (Å²) in [4.78, 5) is 8.33. The summed E-state index contributed by atoms with van der Waals surface area (Å²) in [5.41, 5.74) is 0.529. The summed E-state index contributed by atoms with van der Waals surface area (Å²) in [5, 5.41) is 6.73. The number of aliphatic imine (C=N–C) groups is 1. The first-order valence-corrected chi connectivity index (χ1v) is 9.03. The van der Waals surface area contributed by atoms with Gasteiger partial charge in [0.25, 0.3) is 0 Å². The maximum atomic E-state index is 12.5. The van der Waals surface area contributed by atoms with E-state index in [2.05, 4.69) is 29.9 Å². The molecule has 0 saturated carbocycles. The number of ether oxygens (including phenoxy) is 1. The minimum atomic E-state index is -2.89. The van der Waals surface area contributed by atoms with Gasteiger partial charge in [-0.05, 0) is 38.0 Å². The molecule has 0 unspecified atom stereocenters. The topological polar surface area (TPSA) is 63.5 Å². The molecule has 2 rings (SSSR count). The van der Waals surface area contributed by atoms with Crippen molar-refractivity contribution in [2.75, 3.05) is 13.6 Å². The van der Waals surface area contributed by atoms with Crippen molar-refractivity contribution in [1.82, 2.24) is 20.2 Å². The highest BCUT2D eigenvalue weighted by molar-refractivity contribution is 6.30. The minimum Gasteiger partial charge on any atom is -0.434 e. The largest absolute Gasteiger partial charge is 0.434 e. The third kappa shape index (κ3) is 7.05. The Morgan fingerprint density at radius 3 is 2.81 bits per heavy atom. The van der Waals surface area contributed by atoms with Gasteiger partial charge in [-0.3, -0.25) is 4.99 Å². The summed E-state index contributed by atoms with van der Waals surface area (Å²) in [7, 11) is 1.65. The zero-order chi connectivity index (χ0) is 19.6. The Morgan fingerprint density at radius 1 is 1.33 bits per heavy atom. The zero-order valence-corrected chi connectivity index (χ0v) is 16.1. The predicted molar refractivity (Wildman–Crippen MR) is 102 cm³/mol. The molecule has 1 heterocycles. The minimum absolute atomic E-state index is 0.0908. The maximum absolute atomic E-state index is 12.5. The normalized spacial score (nSPS) is 11.7. The zero-order valence-electron chi connectivity index (χ0n) is 15.4. The molecule has 0 aliphatic carbocycles. The number of alkyl halides is 2. The lowest BCUT2D eigenvalue weighted by Crippen LogP contribution is -2.37. The Bertz CT molecular complexity index is 751. The van der Waals surface area contributed by atoms with Crippen LogP contribution in [0.1, 0.15) is 24.2 Å². The molecule has 0 spiro atoms. The SMILES string of the molecule is CN=C(NCCCCn1ccnc1C)NCc1cc(Cl)ccc1OC(F)F. The fraction of sp³-hybridized carbons (Fsp3) is 0.444. The van der Waals surface area contributed by atoms with Gasteiger partial charge in [-0.1, -0.05) is 11.6 Å². The van der Waals surface area contributed by atoms with E-state index in [4.69, 9.17) is 11.6 Å². The van der Waals surface area contributed by atoms with Gasteiger partial charge in [0.05, 0.1) is 0 Å². The summed E-state index contributed by atoms with van der Waals surface area (Å²) < 4.78 is 31.7. The van der Waals surface area contributed by atoms with Gasteiger partial charge in [-0.2, -0.15) is 8.78 Å². The lowest BCUT2D eigenvalue weighted by Gasteiger charge is -2.15. The molecular formula is C18H24ClF2N5O. The quantitative estimate of drug-likeness (QED) is 0.384. The highest BCUT2D eigenvalue weighted by Crippen LogP contribution is 2.24. The van der Waals surface area contributed by atoms with E-state index in [-0.39, 0.29) is 12.3 Å². The average molecular weight is 400 g/mol. The van der Waals surface area contributed by atoms with Crippen molar-refractivity contribution in [2.24, 2.45) is 4.99 Å². The van der Waals surface area contributed by atoms with E-state index in [9.17, 15) is 8.78 Å². The van der Waals surface area contributed by atoms with Gasteiger partial charge in [0.2, 0.25) is 0 Å². The third-order valence-electron chi connectivity index (χ3n) is 3.95. The third-order valence-corrected chi connectivity index (χ3v) is 4.19. The molecule has 0 bridgehead atoms. The molecule has 0 saturated heterocycles. The van der Waals surface area contributed by atoms with Crippen LogP contribution in [0.4, 0.5) is 8.78 Å². The Hall–Kier alpha value is -2.35. The number of unbranched alkanes of at least 4 members (excludes halogenated alkanes) is 1. The first-order chi connectivity index (χ1) is 13.0. The van der Waals surface area contributed by atoms with Crippen LogP contribution in [0.25, 0.3) is 0 Å². The van der Waals surface area contributed by atoms with E-state index in [0.29, 0.717) is 16.5 Å². The van der Waals surface area contributed by atoms with E-state index in [1.807, 2.05) is 13.1 Å². The number of aryl methyl sites for hydroxylation is 2. The second kappa shape index (κ2) is 10.7. The van der Waals surface area contributed by atoms with Gasteiger partial charge in [0.15, 0.2) is 5.96 Å². The number of hydrogen-bond donors (Lipinski definition) is 2. The molecule has 0 aliphatic rings. The molecule has 2 N–H and O–H groups in total. The van der Waals surface area contributed by atoms with E-state index in [0.717, 1.165) is 31.8 Å². The Labute approximate surface area is 162 Å². The molecule has 0 radical (unpaired) electrons. The van der Waals surface area contributed by atoms with Crippen molar-refractivity contribution in [1.29, 1.82) is 0 Å². The number of halogens is 3. The summed E-state index contributed by atoms with van der Waals surface area (Å²) in [5.74, 6) is 1.67. The Balaban J connectivity index is 1.77. The first kappa shape index (κ1) is 21.0. The molecule has 2 aromatic rings. The molecule has 0 amide bonds. The molecule has 6 nitrogen and oxygen atoms in total. The molecule has 27 heavy (non-hydrogen) atoms. The van der Waals surface area contributed by atoms with E-state index < -0.39 is 6.61 Å². The van der Waals surface area contributed by atoms with Crippen molar-refractivity contribution in [2.45, 2.75) is 39.5 Å². The number of benzene rings is 1. The summed E-state index contributed by atoms with van der Waals surface area (Å²) >= 11 is 5.95. The molecular weight excluding hydrogens is 376 g/mol. The molecule has 1 aromatic heterocycles. The van der Waals surface area contributed by atoms with E-state index in [1.54, 1.807) is 19.3 Å². The number of hydrogen-bond acceptors (Lipinski definition) is 3. The van der Waals surface area contributed by atoms with Crippen molar-refractivity contribution in [3.63, 3.8) is 0 Å². The van der Waals surface area contributed by atoms with Crippen LogP contribution < -0.4 is 15.4 Å². The second-order valence-electron chi connectivity index (χ2n) is 5.86. The van der Waals surface area contributed by atoms with Crippen LogP contribution in [-0.2, 0) is 13.1 Å². The number of rotatable bonds is 9. The van der Waals surface area contributed by atoms with Crippen molar-refractivity contribution < 1.29 is 13.5 Å². The number of nitrogens with zero attached hydrogens (tertiary/aromatic N) is 3. The average Bonchev–Trinajstić information content (AvgIpc) is 3.04. The van der Waals surface area contributed by atoms with Gasteiger partial charge >= 0.3 is 6.61 Å². The number of nitrogens with one attached hydrogen (secondary N) is 2. The van der Waals surface area contributed by atoms with E-state index in [1.165, 1.54) is 12.1 Å². The van der Waals surface area contributed by atoms with Gasteiger partial charge in [-0.15, -0.1) is 0 Å². The van der Waals surface area contributed by atoms with Crippen LogP contribution in [0.2, 0.25) is 5.02 Å². The second-order valence-corrected chi connectivity index (χ2v) is 6.29. The number of aromatic nitrogens is 2. The van der Waals surface area contributed by atoms with Crippen LogP contribution in [0, 0.1) is 6.92 Å². The Morgan fingerprint density at radius 2 is 2.15 bits per heavy atom. The smallest absolute Gasteiger partial charge is 0.387 e. The first-order valence-electron chi connectivity index (χ1n) is 8.65. The predicted octanol–water partition coefficient (Wildman–Crippen LogP) is 3.59. The summed E-state index contributed by atoms with van der Waals surface area (Å²) in [6.07, 6.45) is 5.71. The molecule has 9 heteroatoms. The number of imidazole rings is 1. The maximum Gasteiger partial charge on any atom is 0.387 e. The summed E-state index contributed by atoms with van der Waals surface area (Å²) in [6, 6.07) is 4.53. The van der Waals surface area contributed by atoms with Crippen LogP contribution in [0.5, 0.6) is 5.75 Å². The molecule has 0 aliphatic heterocycles. The monoisotopic (exact) mass is 399 g/mol. The molecule has 1 aromatic carbocycles. The van der Waals surface area contributed by atoms with E-state index >= 15 is 0 Å². The van der Waals surface area contributed by atoms with Gasteiger partial charge in [-0.25, -0.2) is 4.98 Å². The Kier molecular flexibility index (Phi) is 8.32. The molecule has 0 fully saturated rings. The van der Waals surface area contributed by atoms with Gasteiger partial charge in [0.1, 0.15) is 11.6 Å². The van der Waals surface area contributed by atoms with Gasteiger partial charge in [0, 0.05) is 49.7 Å². The van der Waals surface area contributed by atoms with Crippen molar-refractivity contribution >= 4 is 17.6 Å². The molecule has 0 atom stereocenters. The van der Waals surface area contributed by atoms with Crippen LogP contribution in [-0.4, -0.2) is 35.7 Å². The van der Waals surface area contributed by atoms with Crippen molar-refractivity contribution in [3.05, 3.63) is 47.0 Å². The molecule has 148 valence electrons. The van der Waals surface area contributed by atoms with Crippen LogP contribution in [0.3, 0.4) is 0 Å². The van der Waals surface area contributed by atoms with Crippen molar-refractivity contribution in [3.8, 4) is 5.75 Å². The lowest BCUT2D eigenvalue weighted by molar-refractivity contribution is -0.0504. The lowest BCUT2D eigenvalue weighted by atomic mass is 10.2. The van der Waals surface area contributed by atoms with Gasteiger partial charge < -0.3 is 19.9 Å². The highest BCUT2D eigenvalue weighted by atomic mass is 35.5. The highest BCUT2D eigenvalue weighted by Gasteiger charge is 2.11.